The molecule has 4 nitrogen and oxygen atoms in total. The standard InChI is InChI=1S/C23H25NO3/c1-3-14-27-22-9-5-4-8-21(22)23(25)24(17-20-7-6-15-26-20)16-19-12-10-18(2)11-13-19/h4-13,15H,3,14,16-17H2,1-2H3. The first-order valence-electron chi connectivity index (χ1n) is 9.26. The maximum atomic E-state index is 13.3. The number of hydrogen-bond donors (Lipinski definition) is 0. The van der Waals surface area contributed by atoms with E-state index in [2.05, 4.69) is 31.2 Å². The number of benzene rings is 2. The predicted molar refractivity (Wildman–Crippen MR) is 106 cm³/mol. The lowest BCUT2D eigenvalue weighted by Gasteiger charge is -2.23. The van der Waals surface area contributed by atoms with E-state index in [0.717, 1.165) is 17.7 Å². The van der Waals surface area contributed by atoms with Crippen molar-refractivity contribution in [1.29, 1.82) is 0 Å². The lowest BCUT2D eigenvalue weighted by molar-refractivity contribution is 0.0713. The van der Waals surface area contributed by atoms with E-state index in [4.69, 9.17) is 9.15 Å². The fourth-order valence-corrected chi connectivity index (χ4v) is 2.86. The van der Waals surface area contributed by atoms with Crippen LogP contribution in [0, 0.1) is 6.92 Å². The van der Waals surface area contributed by atoms with E-state index in [1.54, 1.807) is 11.2 Å². The van der Waals surface area contributed by atoms with Gasteiger partial charge in [-0.3, -0.25) is 4.79 Å². The van der Waals surface area contributed by atoms with Crippen molar-refractivity contribution < 1.29 is 13.9 Å². The summed E-state index contributed by atoms with van der Waals surface area (Å²) in [4.78, 5) is 15.1. The van der Waals surface area contributed by atoms with Gasteiger partial charge < -0.3 is 14.1 Å². The van der Waals surface area contributed by atoms with Crippen LogP contribution in [0.3, 0.4) is 0 Å². The molecule has 3 aromatic rings. The number of nitrogens with zero attached hydrogens (tertiary/aromatic N) is 1. The summed E-state index contributed by atoms with van der Waals surface area (Å²) in [5.41, 5.74) is 2.85. The summed E-state index contributed by atoms with van der Waals surface area (Å²) in [7, 11) is 0. The number of hydrogen-bond acceptors (Lipinski definition) is 3. The second-order valence-electron chi connectivity index (χ2n) is 6.57. The molecular formula is C23H25NO3. The molecule has 2 aromatic carbocycles. The van der Waals surface area contributed by atoms with Gasteiger partial charge in [0.2, 0.25) is 0 Å². The summed E-state index contributed by atoms with van der Waals surface area (Å²) in [6.07, 6.45) is 2.52. The van der Waals surface area contributed by atoms with Crippen LogP contribution in [-0.4, -0.2) is 17.4 Å². The topological polar surface area (TPSA) is 42.7 Å². The van der Waals surface area contributed by atoms with Crippen LogP contribution in [0.25, 0.3) is 0 Å². The molecule has 1 amide bonds. The molecule has 0 fully saturated rings. The van der Waals surface area contributed by atoms with Crippen LogP contribution in [0.15, 0.2) is 71.3 Å². The molecule has 0 spiro atoms. The molecule has 0 unspecified atom stereocenters. The number of para-hydroxylation sites is 1. The van der Waals surface area contributed by atoms with Crippen LogP contribution >= 0.6 is 0 Å². The maximum Gasteiger partial charge on any atom is 0.258 e. The molecule has 0 bridgehead atoms. The zero-order chi connectivity index (χ0) is 19.1. The minimum Gasteiger partial charge on any atom is -0.493 e. The Labute approximate surface area is 160 Å². The molecule has 0 atom stereocenters. The average Bonchev–Trinajstić information content (AvgIpc) is 3.20. The van der Waals surface area contributed by atoms with E-state index in [-0.39, 0.29) is 5.91 Å². The van der Waals surface area contributed by atoms with Gasteiger partial charge in [-0.05, 0) is 43.2 Å². The smallest absolute Gasteiger partial charge is 0.258 e. The Balaban J connectivity index is 1.87. The molecule has 0 N–H and O–H groups in total. The Kier molecular flexibility index (Phi) is 6.31. The van der Waals surface area contributed by atoms with Gasteiger partial charge in [0, 0.05) is 6.54 Å². The number of carbonyl (C=O) groups excluding carboxylic acids is 1. The molecule has 140 valence electrons. The summed E-state index contributed by atoms with van der Waals surface area (Å²) >= 11 is 0. The Hall–Kier alpha value is -3.01. The van der Waals surface area contributed by atoms with Crippen LogP contribution in [0.2, 0.25) is 0 Å². The molecule has 0 saturated carbocycles. The SMILES string of the molecule is CCCOc1ccccc1C(=O)N(Cc1ccc(C)cc1)Cc1ccco1. The molecule has 0 aliphatic heterocycles. The van der Waals surface area contributed by atoms with E-state index in [1.807, 2.05) is 43.3 Å². The average molecular weight is 363 g/mol. The van der Waals surface area contributed by atoms with Gasteiger partial charge in [0.1, 0.15) is 11.5 Å². The van der Waals surface area contributed by atoms with Gasteiger partial charge in [-0.2, -0.15) is 0 Å². The third-order valence-corrected chi connectivity index (χ3v) is 4.29. The Morgan fingerprint density at radius 2 is 1.78 bits per heavy atom. The first kappa shape index (κ1) is 18.8. The van der Waals surface area contributed by atoms with Gasteiger partial charge in [-0.1, -0.05) is 48.9 Å². The first-order chi connectivity index (χ1) is 13.2. The van der Waals surface area contributed by atoms with Gasteiger partial charge in [-0.15, -0.1) is 0 Å². The highest BCUT2D eigenvalue weighted by molar-refractivity contribution is 5.96. The van der Waals surface area contributed by atoms with Crippen LogP contribution in [0.5, 0.6) is 5.75 Å². The molecule has 0 saturated heterocycles. The summed E-state index contributed by atoms with van der Waals surface area (Å²) in [6, 6.07) is 19.4. The van der Waals surface area contributed by atoms with Gasteiger partial charge >= 0.3 is 0 Å². The second-order valence-corrected chi connectivity index (χ2v) is 6.57. The fourth-order valence-electron chi connectivity index (χ4n) is 2.86. The molecule has 4 heteroatoms. The van der Waals surface area contributed by atoms with Crippen LogP contribution in [0.1, 0.15) is 40.6 Å². The minimum absolute atomic E-state index is 0.0707. The number of amides is 1. The number of furan rings is 1. The van der Waals surface area contributed by atoms with Gasteiger partial charge in [0.15, 0.2) is 0 Å². The molecule has 3 rings (SSSR count). The van der Waals surface area contributed by atoms with Crippen molar-refractivity contribution in [2.45, 2.75) is 33.4 Å². The maximum absolute atomic E-state index is 13.3. The van der Waals surface area contributed by atoms with Crippen LogP contribution in [-0.2, 0) is 13.1 Å². The highest BCUT2D eigenvalue weighted by atomic mass is 16.5. The zero-order valence-corrected chi connectivity index (χ0v) is 15.9. The largest absolute Gasteiger partial charge is 0.493 e. The summed E-state index contributed by atoms with van der Waals surface area (Å²) < 4.78 is 11.3. The Morgan fingerprint density at radius 1 is 1.00 bits per heavy atom. The lowest BCUT2D eigenvalue weighted by Crippen LogP contribution is -2.30. The number of ether oxygens (including phenoxy) is 1. The van der Waals surface area contributed by atoms with E-state index in [0.29, 0.717) is 31.0 Å². The predicted octanol–water partition coefficient (Wildman–Crippen LogP) is 5.22. The Morgan fingerprint density at radius 3 is 2.48 bits per heavy atom. The van der Waals surface area contributed by atoms with Gasteiger partial charge in [0.05, 0.1) is 25.0 Å². The number of rotatable bonds is 8. The van der Waals surface area contributed by atoms with E-state index in [1.165, 1.54) is 5.56 Å². The monoisotopic (exact) mass is 363 g/mol. The Bertz CT molecular complexity index is 854. The van der Waals surface area contributed by atoms with Crippen LogP contribution in [0.4, 0.5) is 0 Å². The van der Waals surface area contributed by atoms with E-state index < -0.39 is 0 Å². The zero-order valence-electron chi connectivity index (χ0n) is 15.9. The molecule has 27 heavy (non-hydrogen) atoms. The third kappa shape index (κ3) is 5.00. The van der Waals surface area contributed by atoms with Crippen molar-refractivity contribution in [1.82, 2.24) is 4.90 Å². The number of aryl methyl sites for hydroxylation is 1. The van der Waals surface area contributed by atoms with Crippen molar-refractivity contribution in [2.75, 3.05) is 6.61 Å². The first-order valence-corrected chi connectivity index (χ1v) is 9.26. The third-order valence-electron chi connectivity index (χ3n) is 4.29. The second kappa shape index (κ2) is 9.08. The molecule has 0 aliphatic carbocycles. The molecular weight excluding hydrogens is 338 g/mol. The van der Waals surface area contributed by atoms with Crippen molar-refractivity contribution in [3.8, 4) is 5.75 Å². The quantitative estimate of drug-likeness (QED) is 0.551. The number of carbonyl (C=O) groups is 1. The molecule has 1 aromatic heterocycles. The highest BCUT2D eigenvalue weighted by Crippen LogP contribution is 2.23. The van der Waals surface area contributed by atoms with E-state index in [9.17, 15) is 4.79 Å². The lowest BCUT2D eigenvalue weighted by atomic mass is 10.1. The summed E-state index contributed by atoms with van der Waals surface area (Å²) in [5, 5.41) is 0. The van der Waals surface area contributed by atoms with Crippen molar-refractivity contribution in [3.05, 3.63) is 89.4 Å². The van der Waals surface area contributed by atoms with Crippen molar-refractivity contribution >= 4 is 5.91 Å². The van der Waals surface area contributed by atoms with Crippen LogP contribution < -0.4 is 4.74 Å². The van der Waals surface area contributed by atoms with Crippen molar-refractivity contribution in [2.24, 2.45) is 0 Å². The fraction of sp³-hybridized carbons (Fsp3) is 0.261. The highest BCUT2D eigenvalue weighted by Gasteiger charge is 2.21. The molecule has 1 heterocycles. The van der Waals surface area contributed by atoms with Gasteiger partial charge in [0.25, 0.3) is 5.91 Å². The molecule has 0 radical (unpaired) electrons. The normalized spacial score (nSPS) is 10.6. The molecule has 0 aliphatic rings. The minimum atomic E-state index is -0.0707. The van der Waals surface area contributed by atoms with Crippen molar-refractivity contribution in [3.63, 3.8) is 0 Å². The summed E-state index contributed by atoms with van der Waals surface area (Å²) in [6.45, 7) is 5.59. The van der Waals surface area contributed by atoms with E-state index >= 15 is 0 Å². The summed E-state index contributed by atoms with van der Waals surface area (Å²) in [5.74, 6) is 1.30. The van der Waals surface area contributed by atoms with Gasteiger partial charge in [-0.25, -0.2) is 0 Å².